The molecule has 1 aromatic carbocycles. The average Bonchev–Trinajstić information content (AvgIpc) is 2.37. The first kappa shape index (κ1) is 13.1. The third-order valence-electron chi connectivity index (χ3n) is 3.73. The number of carbonyl (C=O) groups is 1. The number of rotatable bonds is 4. The van der Waals surface area contributed by atoms with E-state index in [1.165, 1.54) is 0 Å². The number of hydrogen-bond acceptors (Lipinski definition) is 2. The van der Waals surface area contributed by atoms with Crippen molar-refractivity contribution in [2.24, 2.45) is 5.92 Å². The van der Waals surface area contributed by atoms with E-state index in [9.17, 15) is 4.79 Å². The topological polar surface area (TPSA) is 40.5 Å². The van der Waals surface area contributed by atoms with Crippen LogP contribution in [0.1, 0.15) is 36.2 Å². The SMILES string of the molecule is CC(C)C(CCO)N1CCc2ccccc2C1=O. The maximum Gasteiger partial charge on any atom is 0.254 e. The van der Waals surface area contributed by atoms with E-state index in [0.717, 1.165) is 24.1 Å². The predicted molar refractivity (Wildman–Crippen MR) is 71.5 cm³/mol. The molecule has 1 N–H and O–H groups in total. The zero-order valence-electron chi connectivity index (χ0n) is 11.1. The Labute approximate surface area is 108 Å². The molecular formula is C15H21NO2. The number of aliphatic hydroxyl groups excluding tert-OH is 1. The molecule has 1 aliphatic rings. The molecule has 98 valence electrons. The van der Waals surface area contributed by atoms with E-state index < -0.39 is 0 Å². The minimum Gasteiger partial charge on any atom is -0.396 e. The summed E-state index contributed by atoms with van der Waals surface area (Å²) in [6.45, 7) is 5.11. The standard InChI is InChI=1S/C15H21NO2/c1-11(2)14(8-10-17)16-9-7-12-5-3-4-6-13(12)15(16)18/h3-6,11,14,17H,7-10H2,1-2H3. The van der Waals surface area contributed by atoms with E-state index in [0.29, 0.717) is 12.3 Å². The van der Waals surface area contributed by atoms with Crippen molar-refractivity contribution in [3.63, 3.8) is 0 Å². The first-order valence-corrected chi connectivity index (χ1v) is 6.65. The molecule has 1 aliphatic heterocycles. The van der Waals surface area contributed by atoms with Crippen molar-refractivity contribution in [1.29, 1.82) is 0 Å². The Morgan fingerprint density at radius 1 is 1.33 bits per heavy atom. The summed E-state index contributed by atoms with van der Waals surface area (Å²) >= 11 is 0. The molecule has 0 fully saturated rings. The van der Waals surface area contributed by atoms with Crippen LogP contribution in [0.25, 0.3) is 0 Å². The smallest absolute Gasteiger partial charge is 0.254 e. The molecule has 0 saturated carbocycles. The van der Waals surface area contributed by atoms with Crippen LogP contribution in [0.2, 0.25) is 0 Å². The van der Waals surface area contributed by atoms with E-state index in [-0.39, 0.29) is 18.6 Å². The van der Waals surface area contributed by atoms with E-state index in [2.05, 4.69) is 13.8 Å². The van der Waals surface area contributed by atoms with Crippen LogP contribution < -0.4 is 0 Å². The van der Waals surface area contributed by atoms with Gasteiger partial charge in [-0.1, -0.05) is 32.0 Å². The van der Waals surface area contributed by atoms with Crippen LogP contribution in [-0.4, -0.2) is 35.1 Å². The van der Waals surface area contributed by atoms with Gasteiger partial charge in [0.2, 0.25) is 0 Å². The van der Waals surface area contributed by atoms with Gasteiger partial charge in [0, 0.05) is 24.8 Å². The Morgan fingerprint density at radius 2 is 2.06 bits per heavy atom. The van der Waals surface area contributed by atoms with Crippen LogP contribution in [0, 0.1) is 5.92 Å². The molecule has 1 aromatic rings. The van der Waals surface area contributed by atoms with E-state index in [1.54, 1.807) is 0 Å². The number of nitrogens with zero attached hydrogens (tertiary/aromatic N) is 1. The molecule has 1 atom stereocenters. The molecule has 2 rings (SSSR count). The van der Waals surface area contributed by atoms with Crippen LogP contribution in [0.4, 0.5) is 0 Å². The molecule has 1 amide bonds. The van der Waals surface area contributed by atoms with Crippen molar-refractivity contribution in [3.05, 3.63) is 35.4 Å². The fourth-order valence-corrected chi connectivity index (χ4v) is 2.74. The quantitative estimate of drug-likeness (QED) is 0.885. The lowest BCUT2D eigenvalue weighted by Gasteiger charge is -2.37. The van der Waals surface area contributed by atoms with Gasteiger partial charge in [0.15, 0.2) is 0 Å². The Bertz CT molecular complexity index is 428. The highest BCUT2D eigenvalue weighted by Gasteiger charge is 2.30. The third kappa shape index (κ3) is 2.41. The van der Waals surface area contributed by atoms with E-state index in [4.69, 9.17) is 5.11 Å². The number of aliphatic hydroxyl groups is 1. The lowest BCUT2D eigenvalue weighted by atomic mass is 9.93. The van der Waals surface area contributed by atoms with Crippen molar-refractivity contribution in [1.82, 2.24) is 4.90 Å². The number of carbonyl (C=O) groups excluding carboxylic acids is 1. The summed E-state index contributed by atoms with van der Waals surface area (Å²) in [5.41, 5.74) is 1.97. The first-order chi connectivity index (χ1) is 8.65. The molecule has 1 heterocycles. The van der Waals surface area contributed by atoms with Crippen LogP contribution in [0.15, 0.2) is 24.3 Å². The van der Waals surface area contributed by atoms with Crippen molar-refractivity contribution in [3.8, 4) is 0 Å². The molecule has 0 spiro atoms. The van der Waals surface area contributed by atoms with E-state index in [1.807, 2.05) is 29.2 Å². The average molecular weight is 247 g/mol. The second-order valence-corrected chi connectivity index (χ2v) is 5.23. The molecule has 1 unspecified atom stereocenters. The lowest BCUT2D eigenvalue weighted by Crippen LogP contribution is -2.47. The third-order valence-corrected chi connectivity index (χ3v) is 3.73. The molecule has 0 aromatic heterocycles. The molecular weight excluding hydrogens is 226 g/mol. The highest BCUT2D eigenvalue weighted by atomic mass is 16.3. The molecule has 0 saturated heterocycles. The van der Waals surface area contributed by atoms with Crippen LogP contribution in [-0.2, 0) is 6.42 Å². The van der Waals surface area contributed by atoms with Crippen molar-refractivity contribution in [2.75, 3.05) is 13.2 Å². The monoisotopic (exact) mass is 247 g/mol. The number of fused-ring (bicyclic) bond motifs is 1. The van der Waals surface area contributed by atoms with Gasteiger partial charge >= 0.3 is 0 Å². The van der Waals surface area contributed by atoms with Gasteiger partial charge < -0.3 is 10.0 Å². The van der Waals surface area contributed by atoms with E-state index >= 15 is 0 Å². The molecule has 0 aliphatic carbocycles. The molecule has 3 heteroatoms. The summed E-state index contributed by atoms with van der Waals surface area (Å²) in [4.78, 5) is 14.4. The Hall–Kier alpha value is -1.35. The molecule has 18 heavy (non-hydrogen) atoms. The summed E-state index contributed by atoms with van der Waals surface area (Å²) in [6.07, 6.45) is 1.57. The maximum absolute atomic E-state index is 12.5. The largest absolute Gasteiger partial charge is 0.396 e. The first-order valence-electron chi connectivity index (χ1n) is 6.65. The molecule has 0 radical (unpaired) electrons. The molecule has 3 nitrogen and oxygen atoms in total. The van der Waals surface area contributed by atoms with Gasteiger partial charge in [0.1, 0.15) is 0 Å². The number of amides is 1. The maximum atomic E-state index is 12.5. The second kappa shape index (κ2) is 5.53. The number of benzene rings is 1. The van der Waals surface area contributed by atoms with Gasteiger partial charge in [-0.2, -0.15) is 0 Å². The second-order valence-electron chi connectivity index (χ2n) is 5.23. The summed E-state index contributed by atoms with van der Waals surface area (Å²) < 4.78 is 0. The predicted octanol–water partition coefficient (Wildman–Crippen LogP) is 2.09. The Balaban J connectivity index is 2.25. The highest BCUT2D eigenvalue weighted by molar-refractivity contribution is 5.96. The van der Waals surface area contributed by atoms with Gasteiger partial charge in [-0.3, -0.25) is 4.79 Å². The van der Waals surface area contributed by atoms with Gasteiger partial charge in [0.05, 0.1) is 0 Å². The Kier molecular flexibility index (Phi) is 4.02. The van der Waals surface area contributed by atoms with Crippen LogP contribution in [0.3, 0.4) is 0 Å². The fourth-order valence-electron chi connectivity index (χ4n) is 2.74. The minimum atomic E-state index is 0.115. The fraction of sp³-hybridized carbons (Fsp3) is 0.533. The lowest BCUT2D eigenvalue weighted by molar-refractivity contribution is 0.0564. The zero-order valence-corrected chi connectivity index (χ0v) is 11.1. The van der Waals surface area contributed by atoms with Gasteiger partial charge in [-0.15, -0.1) is 0 Å². The zero-order chi connectivity index (χ0) is 13.1. The Morgan fingerprint density at radius 3 is 2.72 bits per heavy atom. The summed E-state index contributed by atoms with van der Waals surface area (Å²) in [7, 11) is 0. The summed E-state index contributed by atoms with van der Waals surface area (Å²) in [5, 5.41) is 9.16. The van der Waals surface area contributed by atoms with Gasteiger partial charge in [-0.05, 0) is 30.4 Å². The van der Waals surface area contributed by atoms with Gasteiger partial charge in [-0.25, -0.2) is 0 Å². The minimum absolute atomic E-state index is 0.115. The van der Waals surface area contributed by atoms with Gasteiger partial charge in [0.25, 0.3) is 5.91 Å². The normalized spacial score (nSPS) is 16.9. The summed E-state index contributed by atoms with van der Waals surface area (Å²) in [5.74, 6) is 0.482. The number of hydrogen-bond donors (Lipinski definition) is 1. The van der Waals surface area contributed by atoms with Crippen molar-refractivity contribution >= 4 is 5.91 Å². The van der Waals surface area contributed by atoms with Crippen LogP contribution >= 0.6 is 0 Å². The summed E-state index contributed by atoms with van der Waals surface area (Å²) in [6, 6.07) is 7.96. The van der Waals surface area contributed by atoms with Crippen molar-refractivity contribution in [2.45, 2.75) is 32.7 Å². The highest BCUT2D eigenvalue weighted by Crippen LogP contribution is 2.24. The van der Waals surface area contributed by atoms with Crippen LogP contribution in [0.5, 0.6) is 0 Å². The van der Waals surface area contributed by atoms with Crippen molar-refractivity contribution < 1.29 is 9.90 Å². The molecule has 0 bridgehead atoms.